The molecular formula is C12H17NO5S. The van der Waals surface area contributed by atoms with Gasteiger partial charge in [-0.2, -0.15) is 4.72 Å². The van der Waals surface area contributed by atoms with Gasteiger partial charge in [-0.1, -0.05) is 26.0 Å². The van der Waals surface area contributed by atoms with Gasteiger partial charge in [0.05, 0.1) is 7.11 Å². The molecule has 7 heteroatoms. The Morgan fingerprint density at radius 2 is 1.89 bits per heavy atom. The molecule has 1 aromatic carbocycles. The Hall–Kier alpha value is -1.60. The molecule has 1 atom stereocenters. The molecule has 0 radical (unpaired) electrons. The van der Waals surface area contributed by atoms with Crippen LogP contribution in [0.25, 0.3) is 0 Å². The number of aliphatic carboxylic acids is 1. The van der Waals surface area contributed by atoms with Gasteiger partial charge in [0, 0.05) is 0 Å². The number of sulfonamides is 1. The van der Waals surface area contributed by atoms with Gasteiger partial charge in [0.1, 0.15) is 16.7 Å². The van der Waals surface area contributed by atoms with Crippen LogP contribution in [0, 0.1) is 5.92 Å². The molecular weight excluding hydrogens is 270 g/mol. The number of nitrogens with one attached hydrogen (secondary N) is 1. The highest BCUT2D eigenvalue weighted by Gasteiger charge is 2.29. The van der Waals surface area contributed by atoms with Gasteiger partial charge in [0.25, 0.3) is 0 Å². The molecule has 19 heavy (non-hydrogen) atoms. The van der Waals surface area contributed by atoms with E-state index in [0.717, 1.165) is 0 Å². The summed E-state index contributed by atoms with van der Waals surface area (Å²) in [4.78, 5) is 11.0. The van der Waals surface area contributed by atoms with Crippen LogP contribution in [0.15, 0.2) is 29.2 Å². The van der Waals surface area contributed by atoms with E-state index in [-0.39, 0.29) is 16.6 Å². The van der Waals surface area contributed by atoms with Crippen molar-refractivity contribution >= 4 is 16.0 Å². The molecule has 0 aromatic heterocycles. The Morgan fingerprint density at radius 1 is 1.32 bits per heavy atom. The van der Waals surface area contributed by atoms with E-state index < -0.39 is 22.0 Å². The van der Waals surface area contributed by atoms with Crippen molar-refractivity contribution in [1.82, 2.24) is 4.72 Å². The zero-order valence-corrected chi connectivity index (χ0v) is 11.8. The molecule has 0 heterocycles. The van der Waals surface area contributed by atoms with Crippen molar-refractivity contribution < 1.29 is 23.1 Å². The first kappa shape index (κ1) is 15.5. The number of para-hydroxylation sites is 1. The third-order valence-electron chi connectivity index (χ3n) is 2.57. The van der Waals surface area contributed by atoms with Gasteiger partial charge >= 0.3 is 5.97 Å². The molecule has 0 aliphatic rings. The van der Waals surface area contributed by atoms with Crippen LogP contribution in [0.2, 0.25) is 0 Å². The predicted molar refractivity (Wildman–Crippen MR) is 69.6 cm³/mol. The maximum atomic E-state index is 12.2. The largest absolute Gasteiger partial charge is 0.495 e. The molecule has 2 N–H and O–H groups in total. The van der Waals surface area contributed by atoms with Crippen molar-refractivity contribution in [2.45, 2.75) is 24.8 Å². The SMILES string of the molecule is COc1ccccc1S(=O)(=O)NC(C(=O)O)C(C)C. The minimum absolute atomic E-state index is 0.0793. The minimum atomic E-state index is -3.95. The van der Waals surface area contributed by atoms with E-state index in [2.05, 4.69) is 4.72 Å². The topological polar surface area (TPSA) is 92.7 Å². The Kier molecular flexibility index (Phi) is 4.90. The van der Waals surface area contributed by atoms with Gasteiger partial charge < -0.3 is 9.84 Å². The van der Waals surface area contributed by atoms with Crippen LogP contribution < -0.4 is 9.46 Å². The summed E-state index contributed by atoms with van der Waals surface area (Å²) in [6.45, 7) is 3.26. The zero-order valence-electron chi connectivity index (χ0n) is 11.0. The molecule has 0 saturated carbocycles. The summed E-state index contributed by atoms with van der Waals surface area (Å²) >= 11 is 0. The van der Waals surface area contributed by atoms with Crippen molar-refractivity contribution in [3.05, 3.63) is 24.3 Å². The van der Waals surface area contributed by atoms with Crippen LogP contribution in [0.1, 0.15) is 13.8 Å². The van der Waals surface area contributed by atoms with Crippen molar-refractivity contribution in [2.75, 3.05) is 7.11 Å². The Balaban J connectivity index is 3.14. The maximum absolute atomic E-state index is 12.2. The fourth-order valence-electron chi connectivity index (χ4n) is 1.54. The van der Waals surface area contributed by atoms with Gasteiger partial charge in [0.2, 0.25) is 10.0 Å². The van der Waals surface area contributed by atoms with Crippen molar-refractivity contribution in [2.24, 2.45) is 5.92 Å². The summed E-state index contributed by atoms with van der Waals surface area (Å²) in [6.07, 6.45) is 0. The molecule has 0 aliphatic carbocycles. The van der Waals surface area contributed by atoms with E-state index in [1.54, 1.807) is 26.0 Å². The number of carboxylic acid groups (broad SMARTS) is 1. The molecule has 0 amide bonds. The van der Waals surface area contributed by atoms with Gasteiger partial charge in [-0.05, 0) is 18.1 Å². The van der Waals surface area contributed by atoms with Gasteiger partial charge in [-0.15, -0.1) is 0 Å². The van der Waals surface area contributed by atoms with Crippen LogP contribution in [0.5, 0.6) is 5.75 Å². The van der Waals surface area contributed by atoms with Crippen LogP contribution in [-0.4, -0.2) is 32.6 Å². The number of hydrogen-bond acceptors (Lipinski definition) is 4. The van der Waals surface area contributed by atoms with Crippen LogP contribution >= 0.6 is 0 Å². The molecule has 0 spiro atoms. The van der Waals surface area contributed by atoms with Crippen molar-refractivity contribution in [3.8, 4) is 5.75 Å². The number of rotatable bonds is 6. The summed E-state index contributed by atoms with van der Waals surface area (Å²) in [6, 6.07) is 4.85. The molecule has 1 aromatic rings. The van der Waals surface area contributed by atoms with Crippen molar-refractivity contribution in [3.63, 3.8) is 0 Å². The Morgan fingerprint density at radius 3 is 2.37 bits per heavy atom. The van der Waals surface area contributed by atoms with E-state index >= 15 is 0 Å². The van der Waals surface area contributed by atoms with Crippen LogP contribution in [-0.2, 0) is 14.8 Å². The lowest BCUT2D eigenvalue weighted by molar-refractivity contribution is -0.140. The summed E-state index contributed by atoms with van der Waals surface area (Å²) in [5.41, 5.74) is 0. The summed E-state index contributed by atoms with van der Waals surface area (Å²) in [5.74, 6) is -1.42. The second kappa shape index (κ2) is 6.03. The number of carboxylic acids is 1. The molecule has 106 valence electrons. The smallest absolute Gasteiger partial charge is 0.322 e. The fraction of sp³-hybridized carbons (Fsp3) is 0.417. The monoisotopic (exact) mass is 287 g/mol. The number of methoxy groups -OCH3 is 1. The lowest BCUT2D eigenvalue weighted by Gasteiger charge is -2.18. The maximum Gasteiger partial charge on any atom is 0.322 e. The highest BCUT2D eigenvalue weighted by Crippen LogP contribution is 2.23. The van der Waals surface area contributed by atoms with Gasteiger partial charge in [-0.25, -0.2) is 8.42 Å². The summed E-state index contributed by atoms with van der Waals surface area (Å²) in [5, 5.41) is 9.02. The second-order valence-corrected chi connectivity index (χ2v) is 6.01. The molecule has 0 saturated heterocycles. The minimum Gasteiger partial charge on any atom is -0.495 e. The first-order chi connectivity index (χ1) is 8.79. The zero-order chi connectivity index (χ0) is 14.6. The third kappa shape index (κ3) is 3.68. The van der Waals surface area contributed by atoms with Crippen molar-refractivity contribution in [1.29, 1.82) is 0 Å². The number of benzene rings is 1. The lowest BCUT2D eigenvalue weighted by atomic mass is 10.1. The molecule has 1 rings (SSSR count). The average Bonchev–Trinajstić information content (AvgIpc) is 2.35. The first-order valence-corrected chi connectivity index (χ1v) is 7.16. The lowest BCUT2D eigenvalue weighted by Crippen LogP contribution is -2.44. The first-order valence-electron chi connectivity index (χ1n) is 5.67. The van der Waals surface area contributed by atoms with E-state index in [4.69, 9.17) is 9.84 Å². The molecule has 0 aliphatic heterocycles. The number of ether oxygens (including phenoxy) is 1. The predicted octanol–water partition coefficient (Wildman–Crippen LogP) is 1.08. The average molecular weight is 287 g/mol. The summed E-state index contributed by atoms with van der Waals surface area (Å²) < 4.78 is 31.5. The van der Waals surface area contributed by atoms with Gasteiger partial charge in [-0.3, -0.25) is 4.79 Å². The normalized spacial score (nSPS) is 13.3. The standard InChI is InChI=1S/C12H17NO5S/c1-8(2)11(12(14)15)13-19(16,17)10-7-5-4-6-9(10)18-3/h4-8,11,13H,1-3H3,(H,14,15). The highest BCUT2D eigenvalue weighted by atomic mass is 32.2. The van der Waals surface area contributed by atoms with E-state index in [1.807, 2.05) is 0 Å². The number of hydrogen-bond donors (Lipinski definition) is 2. The molecule has 6 nitrogen and oxygen atoms in total. The molecule has 1 unspecified atom stereocenters. The van der Waals surface area contributed by atoms with Crippen LogP contribution in [0.4, 0.5) is 0 Å². The summed E-state index contributed by atoms with van der Waals surface area (Å²) in [7, 11) is -2.60. The Bertz CT molecular complexity index is 553. The molecule has 0 bridgehead atoms. The molecule has 0 fully saturated rings. The van der Waals surface area contributed by atoms with E-state index in [9.17, 15) is 13.2 Å². The fourth-order valence-corrected chi connectivity index (χ4v) is 3.05. The van der Waals surface area contributed by atoms with Gasteiger partial charge in [0.15, 0.2) is 0 Å². The second-order valence-electron chi connectivity index (χ2n) is 4.33. The van der Waals surface area contributed by atoms with Crippen LogP contribution in [0.3, 0.4) is 0 Å². The van der Waals surface area contributed by atoms with E-state index in [1.165, 1.54) is 19.2 Å². The highest BCUT2D eigenvalue weighted by molar-refractivity contribution is 7.89. The number of carbonyl (C=O) groups is 1. The Labute approximate surface area is 112 Å². The quantitative estimate of drug-likeness (QED) is 0.816. The third-order valence-corrected chi connectivity index (χ3v) is 4.05. The van der Waals surface area contributed by atoms with E-state index in [0.29, 0.717) is 0 Å².